The number of hydrogen-bond acceptors (Lipinski definition) is 4. The van der Waals surface area contributed by atoms with Crippen LogP contribution < -0.4 is 11.4 Å². The Kier molecular flexibility index (Phi) is 4.42. The van der Waals surface area contributed by atoms with E-state index in [9.17, 15) is 9.59 Å². The number of oxime groups is 1. The molecular weight excluding hydrogens is 308 g/mol. The average molecular weight is 324 g/mol. The van der Waals surface area contributed by atoms with Crippen molar-refractivity contribution in [2.24, 2.45) is 5.16 Å². The predicted octanol–water partition coefficient (Wildman–Crippen LogP) is 1.79. The van der Waals surface area contributed by atoms with E-state index in [1.807, 2.05) is 37.3 Å². The lowest BCUT2D eigenvalue weighted by atomic mass is 10.1. The Morgan fingerprint density at radius 1 is 1.00 bits per heavy atom. The van der Waals surface area contributed by atoms with E-state index in [2.05, 4.69) is 15.4 Å². The van der Waals surface area contributed by atoms with E-state index in [0.717, 1.165) is 15.7 Å². The van der Waals surface area contributed by atoms with Crippen LogP contribution in [0.15, 0.2) is 69.3 Å². The molecular formula is C17H16N4O3. The van der Waals surface area contributed by atoms with Crippen molar-refractivity contribution in [2.75, 3.05) is 0 Å². The summed E-state index contributed by atoms with van der Waals surface area (Å²) in [6, 6.07) is 16.7. The molecule has 24 heavy (non-hydrogen) atoms. The van der Waals surface area contributed by atoms with E-state index < -0.39 is 11.4 Å². The molecule has 0 aliphatic carbocycles. The van der Waals surface area contributed by atoms with Gasteiger partial charge in [-0.1, -0.05) is 47.6 Å². The summed E-state index contributed by atoms with van der Waals surface area (Å²) in [5, 5.41) is 8.58. The Hall–Kier alpha value is -3.35. The standard InChI is InChI=1S/C17H16N4O3/c1-12(20-24-11-13-5-3-2-4-6-13)14-7-9-15(10-8-14)21-16(22)18-19-17(21)23/h2-10H,11H2,1H3,(H,18,22)(H,19,23)/b20-12-. The molecule has 0 bridgehead atoms. The van der Waals surface area contributed by atoms with Gasteiger partial charge in [0.25, 0.3) is 0 Å². The zero-order valence-corrected chi connectivity index (χ0v) is 13.0. The van der Waals surface area contributed by atoms with Gasteiger partial charge >= 0.3 is 11.4 Å². The first-order valence-corrected chi connectivity index (χ1v) is 7.36. The Morgan fingerprint density at radius 3 is 2.25 bits per heavy atom. The molecule has 2 aromatic carbocycles. The van der Waals surface area contributed by atoms with Crippen molar-refractivity contribution in [2.45, 2.75) is 13.5 Å². The smallest absolute Gasteiger partial charge is 0.348 e. The highest BCUT2D eigenvalue weighted by Crippen LogP contribution is 2.08. The molecule has 0 fully saturated rings. The molecule has 7 heteroatoms. The van der Waals surface area contributed by atoms with Crippen molar-refractivity contribution < 1.29 is 4.84 Å². The molecule has 3 rings (SSSR count). The van der Waals surface area contributed by atoms with E-state index >= 15 is 0 Å². The highest BCUT2D eigenvalue weighted by Gasteiger charge is 2.06. The minimum Gasteiger partial charge on any atom is -0.391 e. The van der Waals surface area contributed by atoms with Crippen molar-refractivity contribution in [1.29, 1.82) is 0 Å². The van der Waals surface area contributed by atoms with Gasteiger partial charge in [-0.2, -0.15) is 0 Å². The molecule has 0 aliphatic heterocycles. The quantitative estimate of drug-likeness (QED) is 0.553. The van der Waals surface area contributed by atoms with Gasteiger partial charge in [0.2, 0.25) is 0 Å². The van der Waals surface area contributed by atoms with Crippen LogP contribution in [0.25, 0.3) is 5.69 Å². The second-order valence-corrected chi connectivity index (χ2v) is 5.18. The van der Waals surface area contributed by atoms with Crippen LogP contribution in [0, 0.1) is 0 Å². The minimum absolute atomic E-state index is 0.393. The zero-order valence-electron chi connectivity index (χ0n) is 13.0. The number of nitrogens with one attached hydrogen (secondary N) is 2. The highest BCUT2D eigenvalue weighted by atomic mass is 16.6. The van der Waals surface area contributed by atoms with Crippen LogP contribution in [-0.2, 0) is 11.4 Å². The molecule has 1 aromatic heterocycles. The molecule has 3 aromatic rings. The molecule has 1 heterocycles. The zero-order chi connectivity index (χ0) is 16.9. The van der Waals surface area contributed by atoms with E-state index in [1.165, 1.54) is 0 Å². The second-order valence-electron chi connectivity index (χ2n) is 5.18. The summed E-state index contributed by atoms with van der Waals surface area (Å²) < 4.78 is 1.02. The first kappa shape index (κ1) is 15.5. The van der Waals surface area contributed by atoms with Gasteiger partial charge in [-0.3, -0.25) is 0 Å². The monoisotopic (exact) mass is 324 g/mol. The maximum atomic E-state index is 11.6. The number of rotatable bonds is 5. The Morgan fingerprint density at radius 2 is 1.62 bits per heavy atom. The molecule has 122 valence electrons. The first-order valence-electron chi connectivity index (χ1n) is 7.36. The van der Waals surface area contributed by atoms with Crippen molar-refractivity contribution in [3.8, 4) is 5.69 Å². The lowest BCUT2D eigenvalue weighted by molar-refractivity contribution is 0.130. The summed E-state index contributed by atoms with van der Waals surface area (Å²) in [5.41, 5.74) is 2.04. The van der Waals surface area contributed by atoms with Crippen LogP contribution in [0.3, 0.4) is 0 Å². The van der Waals surface area contributed by atoms with Crippen molar-refractivity contribution in [3.05, 3.63) is 86.7 Å². The van der Waals surface area contributed by atoms with Gasteiger partial charge in [0.05, 0.1) is 11.4 Å². The number of nitrogens with zero attached hydrogens (tertiary/aromatic N) is 2. The fourth-order valence-corrected chi connectivity index (χ4v) is 2.23. The van der Waals surface area contributed by atoms with E-state index in [-0.39, 0.29) is 0 Å². The summed E-state index contributed by atoms with van der Waals surface area (Å²) >= 11 is 0. The maximum absolute atomic E-state index is 11.6. The Bertz CT molecular complexity index is 922. The molecule has 0 aliphatic rings. The minimum atomic E-state index is -0.510. The number of benzene rings is 2. The largest absolute Gasteiger partial charge is 0.391 e. The summed E-state index contributed by atoms with van der Waals surface area (Å²) in [5.74, 6) is 0. The van der Waals surface area contributed by atoms with Crippen molar-refractivity contribution >= 4 is 5.71 Å². The Balaban J connectivity index is 1.72. The SMILES string of the molecule is C/C(=N/OCc1ccccc1)c1ccc(-n2c(=O)[nH][nH]c2=O)cc1. The summed E-state index contributed by atoms with van der Waals surface area (Å²) in [7, 11) is 0. The molecule has 0 spiro atoms. The lowest BCUT2D eigenvalue weighted by Crippen LogP contribution is -2.24. The second kappa shape index (κ2) is 6.82. The van der Waals surface area contributed by atoms with E-state index in [4.69, 9.17) is 4.84 Å². The van der Waals surface area contributed by atoms with E-state index in [0.29, 0.717) is 18.0 Å². The average Bonchev–Trinajstić information content (AvgIpc) is 2.94. The molecule has 0 atom stereocenters. The number of aromatic nitrogens is 3. The Labute approximate surface area is 137 Å². The van der Waals surface area contributed by atoms with Gasteiger partial charge in [-0.15, -0.1) is 0 Å². The van der Waals surface area contributed by atoms with Crippen LogP contribution >= 0.6 is 0 Å². The van der Waals surface area contributed by atoms with Gasteiger partial charge < -0.3 is 4.84 Å². The molecule has 0 unspecified atom stereocenters. The van der Waals surface area contributed by atoms with Crippen molar-refractivity contribution in [3.63, 3.8) is 0 Å². The fraction of sp³-hybridized carbons (Fsp3) is 0.118. The van der Waals surface area contributed by atoms with Gasteiger partial charge in [0, 0.05) is 0 Å². The third-order valence-corrected chi connectivity index (χ3v) is 3.50. The summed E-state index contributed by atoms with van der Waals surface area (Å²) in [4.78, 5) is 28.5. The van der Waals surface area contributed by atoms with Crippen LogP contribution in [-0.4, -0.2) is 20.5 Å². The maximum Gasteiger partial charge on any atom is 0.348 e. The first-order chi connectivity index (χ1) is 11.6. The normalized spacial score (nSPS) is 11.5. The molecule has 0 saturated carbocycles. The van der Waals surface area contributed by atoms with Gasteiger partial charge in [0.1, 0.15) is 6.61 Å². The number of H-pyrrole nitrogens is 2. The highest BCUT2D eigenvalue weighted by molar-refractivity contribution is 5.98. The molecule has 0 radical (unpaired) electrons. The van der Waals surface area contributed by atoms with Crippen molar-refractivity contribution in [1.82, 2.24) is 14.8 Å². The molecule has 0 saturated heterocycles. The number of hydrogen-bond donors (Lipinski definition) is 2. The topological polar surface area (TPSA) is 92.2 Å². The van der Waals surface area contributed by atoms with Crippen LogP contribution in [0.1, 0.15) is 18.1 Å². The molecule has 0 amide bonds. The third kappa shape index (κ3) is 3.35. The third-order valence-electron chi connectivity index (χ3n) is 3.50. The molecule has 2 N–H and O–H groups in total. The van der Waals surface area contributed by atoms with Gasteiger partial charge in [0.15, 0.2) is 0 Å². The fourth-order valence-electron chi connectivity index (χ4n) is 2.23. The van der Waals surface area contributed by atoms with Gasteiger partial charge in [-0.25, -0.2) is 24.4 Å². The van der Waals surface area contributed by atoms with Crippen LogP contribution in [0.4, 0.5) is 0 Å². The van der Waals surface area contributed by atoms with E-state index in [1.54, 1.807) is 24.3 Å². The summed E-state index contributed by atoms with van der Waals surface area (Å²) in [6.45, 7) is 2.22. The van der Waals surface area contributed by atoms with Crippen LogP contribution in [0.2, 0.25) is 0 Å². The van der Waals surface area contributed by atoms with Gasteiger partial charge in [-0.05, 0) is 30.2 Å². The number of aromatic amines is 2. The van der Waals surface area contributed by atoms with Crippen LogP contribution in [0.5, 0.6) is 0 Å². The summed E-state index contributed by atoms with van der Waals surface area (Å²) in [6.07, 6.45) is 0. The predicted molar refractivity (Wildman–Crippen MR) is 90.5 cm³/mol. The lowest BCUT2D eigenvalue weighted by Gasteiger charge is -2.04. The molecule has 7 nitrogen and oxygen atoms in total.